The minimum atomic E-state index is -0.258. The number of halogens is 1. The molecule has 2 rings (SSSR count). The van der Waals surface area contributed by atoms with E-state index in [2.05, 4.69) is 20.6 Å². The van der Waals surface area contributed by atoms with E-state index < -0.39 is 0 Å². The number of carbonyl (C=O) groups is 1. The third kappa shape index (κ3) is 2.85. The second kappa shape index (κ2) is 5.27. The molecule has 2 N–H and O–H groups in total. The molecule has 6 nitrogen and oxygen atoms in total. The van der Waals surface area contributed by atoms with Crippen LogP contribution in [-0.2, 0) is 11.8 Å². The van der Waals surface area contributed by atoms with Crippen LogP contribution in [0.2, 0.25) is 5.15 Å². The van der Waals surface area contributed by atoms with Gasteiger partial charge in [0, 0.05) is 24.3 Å². The van der Waals surface area contributed by atoms with Crippen molar-refractivity contribution in [3.05, 3.63) is 34.2 Å². The number of amides is 1. The van der Waals surface area contributed by atoms with E-state index in [1.165, 1.54) is 6.08 Å². The Labute approximate surface area is 115 Å². The van der Waals surface area contributed by atoms with E-state index in [4.69, 9.17) is 11.6 Å². The van der Waals surface area contributed by atoms with E-state index in [0.717, 1.165) is 16.8 Å². The van der Waals surface area contributed by atoms with E-state index in [1.54, 1.807) is 24.0 Å². The molecule has 0 bridgehead atoms. The second-order valence-corrected chi connectivity index (χ2v) is 4.52. The number of rotatable bonds is 3. The van der Waals surface area contributed by atoms with Crippen LogP contribution in [0.4, 0.5) is 5.82 Å². The maximum absolute atomic E-state index is 11.7. The van der Waals surface area contributed by atoms with Gasteiger partial charge < -0.3 is 5.32 Å². The lowest BCUT2D eigenvalue weighted by molar-refractivity contribution is -0.111. The van der Waals surface area contributed by atoms with Crippen LogP contribution < -0.4 is 5.32 Å². The summed E-state index contributed by atoms with van der Waals surface area (Å²) in [6, 6.07) is 0. The summed E-state index contributed by atoms with van der Waals surface area (Å²) >= 11 is 6.07. The maximum atomic E-state index is 11.7. The quantitative estimate of drug-likeness (QED) is 0.845. The molecule has 7 heteroatoms. The molecular formula is C12H14ClN5O. The number of nitrogens with one attached hydrogen (secondary N) is 2. The number of hydrogen-bond acceptors (Lipinski definition) is 3. The first-order valence-corrected chi connectivity index (χ1v) is 6.05. The molecule has 0 saturated carbocycles. The Morgan fingerprint density at radius 2 is 2.26 bits per heavy atom. The number of nitrogens with zero attached hydrogens (tertiary/aromatic N) is 3. The average molecular weight is 280 g/mol. The van der Waals surface area contributed by atoms with Gasteiger partial charge in [-0.1, -0.05) is 11.6 Å². The smallest absolute Gasteiger partial charge is 0.249 e. The lowest BCUT2D eigenvalue weighted by atomic mass is 10.2. The first kappa shape index (κ1) is 13.4. The van der Waals surface area contributed by atoms with Gasteiger partial charge in [-0.05, 0) is 19.9 Å². The van der Waals surface area contributed by atoms with Crippen LogP contribution in [0.5, 0.6) is 0 Å². The van der Waals surface area contributed by atoms with E-state index in [-0.39, 0.29) is 5.91 Å². The predicted octanol–water partition coefficient (Wildman–Crippen LogP) is 2.07. The van der Waals surface area contributed by atoms with E-state index >= 15 is 0 Å². The van der Waals surface area contributed by atoms with Crippen molar-refractivity contribution in [2.24, 2.45) is 7.05 Å². The first-order chi connectivity index (χ1) is 8.99. The molecule has 0 unspecified atom stereocenters. The maximum Gasteiger partial charge on any atom is 0.249 e. The summed E-state index contributed by atoms with van der Waals surface area (Å²) in [7, 11) is 1.75. The molecule has 2 heterocycles. The molecule has 0 aliphatic heterocycles. The third-order valence-electron chi connectivity index (χ3n) is 2.67. The molecule has 0 radical (unpaired) electrons. The van der Waals surface area contributed by atoms with Gasteiger partial charge in [-0.25, -0.2) is 0 Å². The number of aryl methyl sites for hydroxylation is 3. The molecule has 0 aliphatic rings. The fraction of sp³-hybridized carbons (Fsp3) is 0.250. The Bertz CT molecular complexity index is 641. The summed E-state index contributed by atoms with van der Waals surface area (Å²) in [6.45, 7) is 3.69. The predicted molar refractivity (Wildman–Crippen MR) is 73.9 cm³/mol. The van der Waals surface area contributed by atoms with Gasteiger partial charge in [-0.3, -0.25) is 14.6 Å². The minimum Gasteiger partial charge on any atom is -0.307 e. The zero-order valence-corrected chi connectivity index (χ0v) is 11.6. The number of aromatic amines is 1. The fourth-order valence-corrected chi connectivity index (χ4v) is 1.87. The summed E-state index contributed by atoms with van der Waals surface area (Å²) in [6.07, 6.45) is 4.70. The lowest BCUT2D eigenvalue weighted by Gasteiger charge is -1.99. The lowest BCUT2D eigenvalue weighted by Crippen LogP contribution is -2.09. The van der Waals surface area contributed by atoms with Gasteiger partial charge in [0.2, 0.25) is 5.91 Å². The highest BCUT2D eigenvalue weighted by Gasteiger charge is 2.09. The normalized spacial score (nSPS) is 11.2. The molecule has 0 fully saturated rings. The van der Waals surface area contributed by atoms with Gasteiger partial charge in [-0.2, -0.15) is 10.2 Å². The molecule has 0 aromatic carbocycles. The van der Waals surface area contributed by atoms with Crippen molar-refractivity contribution in [2.75, 3.05) is 5.32 Å². The van der Waals surface area contributed by atoms with Gasteiger partial charge in [-0.15, -0.1) is 0 Å². The highest BCUT2D eigenvalue weighted by Crippen LogP contribution is 2.20. The molecular weight excluding hydrogens is 266 g/mol. The summed E-state index contributed by atoms with van der Waals surface area (Å²) < 4.78 is 1.56. The van der Waals surface area contributed by atoms with Crippen LogP contribution >= 0.6 is 11.6 Å². The van der Waals surface area contributed by atoms with Crippen LogP contribution in [0.1, 0.15) is 16.8 Å². The number of aromatic nitrogens is 4. The molecule has 0 aliphatic carbocycles. The standard InChI is InChI=1S/C12H14ClN5O/c1-7-6-14-16-12(7)15-10(19)5-4-9-8(2)17-18(3)11(9)13/h4-6H,1-3H3,(H2,14,15,16,19)/b5-4+. The molecule has 0 spiro atoms. The second-order valence-electron chi connectivity index (χ2n) is 4.16. The molecule has 100 valence electrons. The van der Waals surface area contributed by atoms with Crippen LogP contribution in [0, 0.1) is 13.8 Å². The Kier molecular flexibility index (Phi) is 3.71. The molecule has 1 amide bonds. The molecule has 0 saturated heterocycles. The molecule has 0 atom stereocenters. The Morgan fingerprint density at radius 1 is 1.53 bits per heavy atom. The van der Waals surface area contributed by atoms with Crippen molar-refractivity contribution in [3.63, 3.8) is 0 Å². The number of hydrogen-bond donors (Lipinski definition) is 2. The van der Waals surface area contributed by atoms with Crippen molar-refractivity contribution in [1.82, 2.24) is 20.0 Å². The summed E-state index contributed by atoms with van der Waals surface area (Å²) in [5.41, 5.74) is 2.38. The molecule has 2 aromatic rings. The average Bonchev–Trinajstić information content (AvgIpc) is 2.84. The zero-order valence-electron chi connectivity index (χ0n) is 10.9. The monoisotopic (exact) mass is 279 g/mol. The first-order valence-electron chi connectivity index (χ1n) is 5.67. The van der Waals surface area contributed by atoms with Crippen LogP contribution in [0.15, 0.2) is 12.3 Å². The van der Waals surface area contributed by atoms with E-state index in [9.17, 15) is 4.79 Å². The van der Waals surface area contributed by atoms with Gasteiger partial charge in [0.05, 0.1) is 11.9 Å². The van der Waals surface area contributed by atoms with Crippen LogP contribution in [0.3, 0.4) is 0 Å². The van der Waals surface area contributed by atoms with Crippen molar-refractivity contribution in [1.29, 1.82) is 0 Å². The Morgan fingerprint density at radius 3 is 2.79 bits per heavy atom. The Hall–Kier alpha value is -2.08. The van der Waals surface area contributed by atoms with Crippen molar-refractivity contribution in [2.45, 2.75) is 13.8 Å². The molecule has 19 heavy (non-hydrogen) atoms. The van der Waals surface area contributed by atoms with Gasteiger partial charge in [0.25, 0.3) is 0 Å². The number of anilines is 1. The highest BCUT2D eigenvalue weighted by atomic mass is 35.5. The Balaban J connectivity index is 2.10. The molecule has 2 aromatic heterocycles. The summed E-state index contributed by atoms with van der Waals surface area (Å²) in [5.74, 6) is 0.329. The number of H-pyrrole nitrogens is 1. The highest BCUT2D eigenvalue weighted by molar-refractivity contribution is 6.31. The van der Waals surface area contributed by atoms with Crippen LogP contribution in [-0.4, -0.2) is 25.9 Å². The van der Waals surface area contributed by atoms with E-state index in [0.29, 0.717) is 11.0 Å². The van der Waals surface area contributed by atoms with Crippen molar-refractivity contribution < 1.29 is 4.79 Å². The fourth-order valence-electron chi connectivity index (χ4n) is 1.63. The SMILES string of the molecule is Cc1cn[nH]c1NC(=O)/C=C/c1c(C)nn(C)c1Cl. The van der Waals surface area contributed by atoms with Crippen molar-refractivity contribution >= 4 is 29.4 Å². The number of carbonyl (C=O) groups excluding carboxylic acids is 1. The third-order valence-corrected chi connectivity index (χ3v) is 3.12. The summed E-state index contributed by atoms with van der Waals surface area (Å²) in [5, 5.41) is 13.9. The van der Waals surface area contributed by atoms with Gasteiger partial charge >= 0.3 is 0 Å². The van der Waals surface area contributed by atoms with Gasteiger partial charge in [0.15, 0.2) is 0 Å². The van der Waals surface area contributed by atoms with Crippen molar-refractivity contribution in [3.8, 4) is 0 Å². The zero-order chi connectivity index (χ0) is 14.0. The van der Waals surface area contributed by atoms with E-state index in [1.807, 2.05) is 13.8 Å². The topological polar surface area (TPSA) is 75.6 Å². The largest absolute Gasteiger partial charge is 0.307 e. The summed E-state index contributed by atoms with van der Waals surface area (Å²) in [4.78, 5) is 11.7. The van der Waals surface area contributed by atoms with Crippen LogP contribution in [0.25, 0.3) is 6.08 Å². The minimum absolute atomic E-state index is 0.258. The van der Waals surface area contributed by atoms with Gasteiger partial charge in [0.1, 0.15) is 11.0 Å².